The highest BCUT2D eigenvalue weighted by Crippen LogP contribution is 2.26. The van der Waals surface area contributed by atoms with E-state index in [1.165, 1.54) is 0 Å². The molecule has 0 amide bonds. The molecule has 1 unspecified atom stereocenters. The quantitative estimate of drug-likeness (QED) is 0.418. The molecule has 0 bridgehead atoms. The summed E-state index contributed by atoms with van der Waals surface area (Å²) >= 11 is 5.89. The summed E-state index contributed by atoms with van der Waals surface area (Å²) < 4.78 is 25.6. The lowest BCUT2D eigenvalue weighted by Crippen LogP contribution is -2.38. The minimum absolute atomic E-state index is 0.327. The lowest BCUT2D eigenvalue weighted by atomic mass is 9.91. The number of nitrogens with one attached hydrogen (secondary N) is 2. The van der Waals surface area contributed by atoms with Gasteiger partial charge in [0.1, 0.15) is 5.82 Å². The number of nitrogens with zero attached hydrogens (tertiary/aromatic N) is 3. The Morgan fingerprint density at radius 2 is 1.66 bits per heavy atom. The van der Waals surface area contributed by atoms with Crippen LogP contribution in [0.2, 0.25) is 5.02 Å². The number of hydrogen-bond donors (Lipinski definition) is 2. The van der Waals surface area contributed by atoms with Gasteiger partial charge in [-0.05, 0) is 82.0 Å². The van der Waals surface area contributed by atoms with Crippen LogP contribution in [0.4, 0.5) is 11.8 Å². The molecule has 0 saturated heterocycles. The molecule has 4 rings (SSSR count). The summed E-state index contributed by atoms with van der Waals surface area (Å²) in [5.74, 6) is 1.58. The van der Waals surface area contributed by atoms with Gasteiger partial charge in [0.15, 0.2) is 9.84 Å². The Morgan fingerprint density at radius 3 is 2.34 bits per heavy atom. The summed E-state index contributed by atoms with van der Waals surface area (Å²) in [5.41, 5.74) is 0.937. The molecule has 7 nitrogen and oxygen atoms in total. The number of hydrogen-bond acceptors (Lipinski definition) is 7. The molecule has 1 saturated carbocycles. The van der Waals surface area contributed by atoms with Crippen molar-refractivity contribution in [2.24, 2.45) is 0 Å². The van der Waals surface area contributed by atoms with Gasteiger partial charge in [0, 0.05) is 36.6 Å². The van der Waals surface area contributed by atoms with Crippen LogP contribution in [0.1, 0.15) is 39.0 Å². The van der Waals surface area contributed by atoms with E-state index in [4.69, 9.17) is 21.6 Å². The Balaban J connectivity index is 1.26. The first-order chi connectivity index (χ1) is 16.7. The lowest BCUT2D eigenvalue weighted by molar-refractivity contribution is 0.352. The molecule has 1 fully saturated rings. The van der Waals surface area contributed by atoms with Crippen molar-refractivity contribution in [1.82, 2.24) is 15.3 Å². The van der Waals surface area contributed by atoms with E-state index < -0.39 is 15.1 Å². The lowest BCUT2D eigenvalue weighted by Gasteiger charge is -2.30. The largest absolute Gasteiger partial charge is 0.362 e. The van der Waals surface area contributed by atoms with Crippen molar-refractivity contribution in [3.8, 4) is 0 Å². The predicted molar refractivity (Wildman–Crippen MR) is 144 cm³/mol. The molecule has 2 N–H and O–H groups in total. The van der Waals surface area contributed by atoms with E-state index in [1.54, 1.807) is 31.2 Å². The van der Waals surface area contributed by atoms with Crippen LogP contribution in [-0.2, 0) is 9.84 Å². The van der Waals surface area contributed by atoms with Crippen molar-refractivity contribution in [3.63, 3.8) is 0 Å². The summed E-state index contributed by atoms with van der Waals surface area (Å²) in [5, 5.41) is 8.23. The molecule has 1 aliphatic carbocycles. The highest BCUT2D eigenvalue weighted by molar-refractivity contribution is 7.92. The molecule has 9 heteroatoms. The summed E-state index contributed by atoms with van der Waals surface area (Å²) in [6, 6.07) is 15.2. The minimum Gasteiger partial charge on any atom is -0.362 e. The predicted octanol–water partition coefficient (Wildman–Crippen LogP) is 4.91. The molecular formula is C26H34ClN5O2S. The van der Waals surface area contributed by atoms with Crippen LogP contribution in [0.25, 0.3) is 10.9 Å². The third-order valence-corrected chi connectivity index (χ3v) is 9.20. The number of anilines is 2. The monoisotopic (exact) mass is 515 g/mol. The van der Waals surface area contributed by atoms with Crippen molar-refractivity contribution >= 4 is 44.1 Å². The van der Waals surface area contributed by atoms with E-state index >= 15 is 0 Å². The average molecular weight is 516 g/mol. The number of benzene rings is 2. The van der Waals surface area contributed by atoms with E-state index in [2.05, 4.69) is 10.6 Å². The van der Waals surface area contributed by atoms with Gasteiger partial charge in [-0.15, -0.1) is 0 Å². The summed E-state index contributed by atoms with van der Waals surface area (Å²) in [4.78, 5) is 11.8. The SMILES string of the molecule is CC(CCNC1CCC(Nc2nc(N(C)C)c3ccccc3n2)CC1)S(=O)(=O)c1ccc(Cl)cc1. The molecule has 3 aromatic rings. The molecule has 188 valence electrons. The first-order valence-electron chi connectivity index (χ1n) is 12.2. The van der Waals surface area contributed by atoms with Crippen LogP contribution in [0.5, 0.6) is 0 Å². The Morgan fingerprint density at radius 1 is 1.00 bits per heavy atom. The van der Waals surface area contributed by atoms with E-state index in [0.717, 1.165) is 42.4 Å². The number of aromatic nitrogens is 2. The van der Waals surface area contributed by atoms with Gasteiger partial charge < -0.3 is 15.5 Å². The van der Waals surface area contributed by atoms with Crippen LogP contribution in [-0.4, -0.2) is 56.4 Å². The molecule has 0 radical (unpaired) electrons. The minimum atomic E-state index is -3.35. The van der Waals surface area contributed by atoms with Gasteiger partial charge in [-0.1, -0.05) is 23.7 Å². The Labute approximate surface area is 213 Å². The fraction of sp³-hybridized carbons (Fsp3) is 0.462. The average Bonchev–Trinajstić information content (AvgIpc) is 2.84. The number of para-hydroxylation sites is 1. The van der Waals surface area contributed by atoms with E-state index in [-0.39, 0.29) is 0 Å². The molecular weight excluding hydrogens is 482 g/mol. The molecule has 35 heavy (non-hydrogen) atoms. The second-order valence-electron chi connectivity index (χ2n) is 9.53. The van der Waals surface area contributed by atoms with Gasteiger partial charge in [-0.25, -0.2) is 13.4 Å². The summed E-state index contributed by atoms with van der Waals surface area (Å²) in [6.45, 7) is 2.45. The maximum absolute atomic E-state index is 12.8. The second-order valence-corrected chi connectivity index (χ2v) is 12.3. The van der Waals surface area contributed by atoms with E-state index in [9.17, 15) is 8.42 Å². The smallest absolute Gasteiger partial charge is 0.225 e. The van der Waals surface area contributed by atoms with Crippen molar-refractivity contribution in [2.45, 2.75) is 61.3 Å². The molecule has 1 heterocycles. The third-order valence-electron chi connectivity index (χ3n) is 6.72. The molecule has 1 aromatic heterocycles. The molecule has 1 aliphatic rings. The first-order valence-corrected chi connectivity index (χ1v) is 14.1. The first kappa shape index (κ1) is 25.7. The number of fused-ring (bicyclic) bond motifs is 1. The number of halogens is 1. The Hall–Kier alpha value is -2.42. The Bertz CT molecular complexity index is 1240. The van der Waals surface area contributed by atoms with Gasteiger partial charge in [-0.3, -0.25) is 0 Å². The molecule has 1 atom stereocenters. The van der Waals surface area contributed by atoms with Crippen molar-refractivity contribution in [3.05, 3.63) is 53.6 Å². The van der Waals surface area contributed by atoms with Gasteiger partial charge >= 0.3 is 0 Å². The standard InChI is InChI=1S/C26H34ClN5O2S/c1-18(35(33,34)22-14-8-19(27)9-15-22)16-17-28-20-10-12-21(13-11-20)29-26-30-24-7-5-4-6-23(24)25(31-26)32(2)3/h4-9,14-15,18,20-21,28H,10-13,16-17H2,1-3H3,(H,29,30,31). The molecule has 2 aromatic carbocycles. The fourth-order valence-electron chi connectivity index (χ4n) is 4.59. The highest BCUT2D eigenvalue weighted by atomic mass is 35.5. The number of rotatable bonds is 9. The highest BCUT2D eigenvalue weighted by Gasteiger charge is 2.25. The number of sulfone groups is 1. The van der Waals surface area contributed by atoms with Crippen LogP contribution in [0, 0.1) is 0 Å². The zero-order valence-electron chi connectivity index (χ0n) is 20.5. The van der Waals surface area contributed by atoms with Gasteiger partial charge in [0.25, 0.3) is 0 Å². The van der Waals surface area contributed by atoms with Crippen molar-refractivity contribution in [2.75, 3.05) is 30.9 Å². The van der Waals surface area contributed by atoms with Crippen LogP contribution in [0.3, 0.4) is 0 Å². The van der Waals surface area contributed by atoms with Crippen molar-refractivity contribution in [1.29, 1.82) is 0 Å². The van der Waals surface area contributed by atoms with Crippen LogP contribution >= 0.6 is 11.6 Å². The van der Waals surface area contributed by atoms with Crippen LogP contribution in [0.15, 0.2) is 53.4 Å². The van der Waals surface area contributed by atoms with E-state index in [1.807, 2.05) is 43.3 Å². The third kappa shape index (κ3) is 6.23. The molecule has 0 spiro atoms. The van der Waals surface area contributed by atoms with Crippen LogP contribution < -0.4 is 15.5 Å². The summed E-state index contributed by atoms with van der Waals surface area (Å²) in [6.07, 6.45) is 4.67. The maximum Gasteiger partial charge on any atom is 0.225 e. The Kier molecular flexibility index (Phi) is 8.14. The van der Waals surface area contributed by atoms with Gasteiger partial charge in [0.05, 0.1) is 15.7 Å². The maximum atomic E-state index is 12.8. The van der Waals surface area contributed by atoms with Gasteiger partial charge in [0.2, 0.25) is 5.95 Å². The fourth-order valence-corrected chi connectivity index (χ4v) is 6.13. The second kappa shape index (κ2) is 11.1. The topological polar surface area (TPSA) is 87.2 Å². The summed E-state index contributed by atoms with van der Waals surface area (Å²) in [7, 11) is 0.641. The van der Waals surface area contributed by atoms with Crippen molar-refractivity contribution < 1.29 is 8.42 Å². The zero-order chi connectivity index (χ0) is 25.0. The van der Waals surface area contributed by atoms with Gasteiger partial charge in [-0.2, -0.15) is 4.98 Å². The normalized spacial score (nSPS) is 19.4. The molecule has 0 aliphatic heterocycles. The zero-order valence-corrected chi connectivity index (χ0v) is 22.1. The van der Waals surface area contributed by atoms with E-state index in [0.29, 0.717) is 40.9 Å².